The van der Waals surface area contributed by atoms with Crippen LogP contribution in [0.3, 0.4) is 0 Å². The van der Waals surface area contributed by atoms with Gasteiger partial charge in [-0.05, 0) is 11.5 Å². The van der Waals surface area contributed by atoms with Gasteiger partial charge in [0.1, 0.15) is 17.3 Å². The van der Waals surface area contributed by atoms with Gasteiger partial charge in [0.15, 0.2) is 0 Å². The maximum Gasteiger partial charge on any atom is 0.137 e. The fourth-order valence-electron chi connectivity index (χ4n) is 1.99. The lowest BCUT2D eigenvalue weighted by Gasteiger charge is -2.10. The number of ether oxygens (including phenoxy) is 1. The van der Waals surface area contributed by atoms with E-state index in [0.29, 0.717) is 6.61 Å². The molecule has 80 valence electrons. The molecule has 2 aromatic carbocycles. The molecule has 3 rings (SSSR count). The third-order valence-corrected chi connectivity index (χ3v) is 3.12. The van der Waals surface area contributed by atoms with E-state index in [9.17, 15) is 0 Å². The first-order chi connectivity index (χ1) is 7.86. The molecule has 3 heteroatoms. The number of hydrogen-bond donors (Lipinski definition) is 1. The lowest BCUT2D eigenvalue weighted by molar-refractivity contribution is 0.331. The van der Waals surface area contributed by atoms with Crippen LogP contribution in [0.15, 0.2) is 36.4 Å². The Morgan fingerprint density at radius 1 is 1.12 bits per heavy atom. The molecular weight excluding hydrogens is 218 g/mol. The highest BCUT2D eigenvalue weighted by Crippen LogP contribution is 2.30. The predicted octanol–water partition coefficient (Wildman–Crippen LogP) is 2.50. The van der Waals surface area contributed by atoms with Crippen molar-refractivity contribution in [2.24, 2.45) is 0 Å². The van der Waals surface area contributed by atoms with E-state index in [-0.39, 0.29) is 0 Å². The fraction of sp³-hybridized carbons (Fsp3) is 0.154. The van der Waals surface area contributed by atoms with Crippen molar-refractivity contribution >= 4 is 28.0 Å². The predicted molar refractivity (Wildman–Crippen MR) is 69.1 cm³/mol. The van der Waals surface area contributed by atoms with Crippen LogP contribution in [0.1, 0.15) is 5.56 Å². The van der Waals surface area contributed by atoms with E-state index in [1.54, 1.807) is 0 Å². The molecule has 0 aliphatic carbocycles. The van der Waals surface area contributed by atoms with Crippen molar-refractivity contribution in [2.45, 2.75) is 0 Å². The van der Waals surface area contributed by atoms with Crippen LogP contribution >= 0.6 is 12.2 Å². The van der Waals surface area contributed by atoms with Crippen molar-refractivity contribution in [3.8, 4) is 5.75 Å². The maximum atomic E-state index is 5.78. The SMILES string of the molecule is S=C1NCCOc2c1ccc1ccccc21. The number of fused-ring (bicyclic) bond motifs is 3. The number of rotatable bonds is 0. The standard InChI is InChI=1S/C13H11NOS/c16-13-11-6-5-9-3-1-2-4-10(9)12(11)15-8-7-14-13/h1-6H,7-8H2,(H,14,16). The summed E-state index contributed by atoms with van der Waals surface area (Å²) in [6, 6.07) is 12.3. The molecule has 0 aromatic heterocycles. The molecule has 0 fully saturated rings. The topological polar surface area (TPSA) is 21.3 Å². The molecule has 1 aliphatic heterocycles. The Hall–Kier alpha value is -1.61. The van der Waals surface area contributed by atoms with Gasteiger partial charge in [-0.3, -0.25) is 0 Å². The van der Waals surface area contributed by atoms with Crippen LogP contribution in [0.4, 0.5) is 0 Å². The van der Waals surface area contributed by atoms with Crippen molar-refractivity contribution < 1.29 is 4.74 Å². The molecule has 16 heavy (non-hydrogen) atoms. The minimum absolute atomic E-state index is 0.654. The first-order valence-corrected chi connectivity index (χ1v) is 5.70. The second kappa shape index (κ2) is 3.76. The fourth-order valence-corrected chi connectivity index (χ4v) is 2.25. The molecule has 0 radical (unpaired) electrons. The molecule has 0 atom stereocenters. The van der Waals surface area contributed by atoms with Crippen molar-refractivity contribution in [2.75, 3.05) is 13.2 Å². The molecule has 0 bridgehead atoms. The van der Waals surface area contributed by atoms with Gasteiger partial charge >= 0.3 is 0 Å². The lowest BCUT2D eigenvalue weighted by atomic mass is 10.1. The molecule has 1 N–H and O–H groups in total. The van der Waals surface area contributed by atoms with Crippen LogP contribution in [0.25, 0.3) is 10.8 Å². The van der Waals surface area contributed by atoms with Crippen molar-refractivity contribution in [1.82, 2.24) is 5.32 Å². The number of hydrogen-bond acceptors (Lipinski definition) is 2. The average Bonchev–Trinajstić information content (AvgIpc) is 2.52. The van der Waals surface area contributed by atoms with Gasteiger partial charge in [-0.25, -0.2) is 0 Å². The van der Waals surface area contributed by atoms with E-state index in [1.807, 2.05) is 18.2 Å². The zero-order valence-corrected chi connectivity index (χ0v) is 9.51. The normalized spacial score (nSPS) is 14.9. The van der Waals surface area contributed by atoms with E-state index in [1.165, 1.54) is 5.39 Å². The lowest BCUT2D eigenvalue weighted by Crippen LogP contribution is -2.23. The van der Waals surface area contributed by atoms with E-state index < -0.39 is 0 Å². The molecule has 0 spiro atoms. The molecule has 1 heterocycles. The van der Waals surface area contributed by atoms with E-state index in [2.05, 4.69) is 23.5 Å². The van der Waals surface area contributed by atoms with Crippen LogP contribution < -0.4 is 10.1 Å². The van der Waals surface area contributed by atoms with Crippen molar-refractivity contribution in [1.29, 1.82) is 0 Å². The van der Waals surface area contributed by atoms with Gasteiger partial charge in [0, 0.05) is 11.9 Å². The average molecular weight is 229 g/mol. The Labute approximate surface area is 99.2 Å². The Balaban J connectivity index is 2.32. The summed E-state index contributed by atoms with van der Waals surface area (Å²) in [5.74, 6) is 0.910. The zero-order chi connectivity index (χ0) is 11.0. The summed E-state index contributed by atoms with van der Waals surface area (Å²) < 4.78 is 5.78. The van der Waals surface area contributed by atoms with Crippen molar-refractivity contribution in [3.63, 3.8) is 0 Å². The summed E-state index contributed by atoms with van der Waals surface area (Å²) in [5.41, 5.74) is 0.992. The smallest absolute Gasteiger partial charge is 0.137 e. The minimum atomic E-state index is 0.654. The van der Waals surface area contributed by atoms with Gasteiger partial charge in [-0.2, -0.15) is 0 Å². The summed E-state index contributed by atoms with van der Waals surface area (Å²) in [6.45, 7) is 1.42. The highest BCUT2D eigenvalue weighted by atomic mass is 32.1. The zero-order valence-electron chi connectivity index (χ0n) is 8.69. The molecule has 2 nitrogen and oxygen atoms in total. The van der Waals surface area contributed by atoms with E-state index in [0.717, 1.165) is 28.2 Å². The molecule has 0 amide bonds. The van der Waals surface area contributed by atoms with Gasteiger partial charge in [0.25, 0.3) is 0 Å². The minimum Gasteiger partial charge on any atom is -0.490 e. The quantitative estimate of drug-likeness (QED) is 0.701. The number of nitrogens with one attached hydrogen (secondary N) is 1. The maximum absolute atomic E-state index is 5.78. The molecule has 2 aromatic rings. The first kappa shape index (κ1) is 9.60. The van der Waals surface area contributed by atoms with Crippen LogP contribution in [0, 0.1) is 0 Å². The largest absolute Gasteiger partial charge is 0.490 e. The Morgan fingerprint density at radius 3 is 2.94 bits per heavy atom. The van der Waals surface area contributed by atoms with Crippen LogP contribution in [-0.4, -0.2) is 18.1 Å². The van der Waals surface area contributed by atoms with Crippen LogP contribution in [-0.2, 0) is 0 Å². The third-order valence-electron chi connectivity index (χ3n) is 2.76. The van der Waals surface area contributed by atoms with Gasteiger partial charge in [-0.1, -0.05) is 42.5 Å². The second-order valence-electron chi connectivity index (χ2n) is 3.77. The van der Waals surface area contributed by atoms with Gasteiger partial charge in [-0.15, -0.1) is 0 Å². The Bertz CT molecular complexity index is 565. The van der Waals surface area contributed by atoms with Crippen LogP contribution in [0.5, 0.6) is 5.75 Å². The number of thiocarbonyl (C=S) groups is 1. The number of benzene rings is 2. The van der Waals surface area contributed by atoms with Gasteiger partial charge in [0.05, 0.1) is 5.56 Å². The highest BCUT2D eigenvalue weighted by molar-refractivity contribution is 7.80. The van der Waals surface area contributed by atoms with E-state index >= 15 is 0 Å². The Morgan fingerprint density at radius 2 is 2.00 bits per heavy atom. The summed E-state index contributed by atoms with van der Waals surface area (Å²) in [5, 5.41) is 5.49. The molecule has 0 unspecified atom stereocenters. The Kier molecular flexibility index (Phi) is 2.26. The van der Waals surface area contributed by atoms with Crippen LogP contribution in [0.2, 0.25) is 0 Å². The highest BCUT2D eigenvalue weighted by Gasteiger charge is 2.15. The summed E-state index contributed by atoms with van der Waals surface area (Å²) in [6.07, 6.45) is 0. The summed E-state index contributed by atoms with van der Waals surface area (Å²) in [4.78, 5) is 0.776. The summed E-state index contributed by atoms with van der Waals surface area (Å²) >= 11 is 5.32. The second-order valence-corrected chi connectivity index (χ2v) is 4.18. The first-order valence-electron chi connectivity index (χ1n) is 5.29. The third kappa shape index (κ3) is 1.44. The monoisotopic (exact) mass is 229 g/mol. The van der Waals surface area contributed by atoms with Gasteiger partial charge in [0.2, 0.25) is 0 Å². The summed E-state index contributed by atoms with van der Waals surface area (Å²) in [7, 11) is 0. The molecule has 0 saturated carbocycles. The molecular formula is C13H11NOS. The molecule has 0 saturated heterocycles. The van der Waals surface area contributed by atoms with Gasteiger partial charge < -0.3 is 10.1 Å². The van der Waals surface area contributed by atoms with Crippen molar-refractivity contribution in [3.05, 3.63) is 42.0 Å². The van der Waals surface area contributed by atoms with E-state index in [4.69, 9.17) is 17.0 Å². The molecule has 1 aliphatic rings.